The molecule has 0 bridgehead atoms. The van der Waals surface area contributed by atoms with Crippen molar-refractivity contribution in [3.63, 3.8) is 0 Å². The van der Waals surface area contributed by atoms with E-state index in [9.17, 15) is 0 Å². The van der Waals surface area contributed by atoms with Crippen molar-refractivity contribution in [3.8, 4) is 5.88 Å². The van der Waals surface area contributed by atoms with Crippen LogP contribution in [-0.2, 0) is 0 Å². The average molecular weight is 369 g/mol. The van der Waals surface area contributed by atoms with E-state index in [0.717, 1.165) is 28.5 Å². The van der Waals surface area contributed by atoms with Gasteiger partial charge in [0.1, 0.15) is 17.8 Å². The van der Waals surface area contributed by atoms with Crippen molar-refractivity contribution in [2.45, 2.75) is 30.7 Å². The Morgan fingerprint density at radius 2 is 2.12 bits per heavy atom. The number of ether oxygens (including phenoxy) is 1. The Kier molecular flexibility index (Phi) is 4.97. The molecule has 3 aromatic heterocycles. The zero-order chi connectivity index (χ0) is 17.9. The van der Waals surface area contributed by atoms with Gasteiger partial charge >= 0.3 is 0 Å². The van der Waals surface area contributed by atoms with E-state index in [1.807, 2.05) is 43.2 Å². The summed E-state index contributed by atoms with van der Waals surface area (Å²) in [4.78, 5) is 19.8. The summed E-state index contributed by atoms with van der Waals surface area (Å²) >= 11 is 1.88. The number of hydrogen-bond donors (Lipinski definition) is 1. The number of nitrogens with one attached hydrogen (secondary N) is 1. The zero-order valence-electron chi connectivity index (χ0n) is 15.1. The molecule has 1 fully saturated rings. The van der Waals surface area contributed by atoms with E-state index in [2.05, 4.69) is 37.9 Å². The van der Waals surface area contributed by atoms with Crippen molar-refractivity contribution in [2.75, 3.05) is 24.3 Å². The molecule has 0 aliphatic heterocycles. The van der Waals surface area contributed by atoms with Crippen molar-refractivity contribution >= 4 is 28.6 Å². The number of aromatic amines is 1. The topological polar surface area (TPSA) is 66.9 Å². The van der Waals surface area contributed by atoms with Crippen LogP contribution in [0.4, 0.5) is 5.82 Å². The normalized spacial score (nSPS) is 19.3. The van der Waals surface area contributed by atoms with E-state index < -0.39 is 0 Å². The molecule has 6 nitrogen and oxygen atoms in total. The van der Waals surface area contributed by atoms with Gasteiger partial charge in [-0.2, -0.15) is 0 Å². The van der Waals surface area contributed by atoms with Gasteiger partial charge in [-0.05, 0) is 37.8 Å². The number of H-pyrrole nitrogens is 1. The maximum absolute atomic E-state index is 5.39. The van der Waals surface area contributed by atoms with E-state index in [4.69, 9.17) is 4.74 Å². The molecule has 136 valence electrons. The third-order valence-electron chi connectivity index (χ3n) is 4.91. The maximum atomic E-state index is 5.39. The minimum Gasteiger partial charge on any atom is -0.478 e. The predicted molar refractivity (Wildman–Crippen MR) is 105 cm³/mol. The Hall–Kier alpha value is -2.28. The predicted octanol–water partition coefficient (Wildman–Crippen LogP) is 3.76. The SMILES string of the molecule is CCOc1ccc(SC[C@H]2C[C@@H](N(C)c3ncnc4[nH]ccc34)C2)cn1. The summed E-state index contributed by atoms with van der Waals surface area (Å²) in [5.74, 6) is 3.58. The molecule has 0 unspecified atom stereocenters. The van der Waals surface area contributed by atoms with Gasteiger partial charge in [0, 0.05) is 42.2 Å². The molecule has 0 aromatic carbocycles. The van der Waals surface area contributed by atoms with E-state index in [-0.39, 0.29) is 0 Å². The fourth-order valence-corrected chi connectivity index (χ4v) is 4.36. The van der Waals surface area contributed by atoms with E-state index >= 15 is 0 Å². The van der Waals surface area contributed by atoms with Crippen LogP contribution in [0.5, 0.6) is 5.88 Å². The first-order chi connectivity index (χ1) is 12.7. The molecule has 1 N–H and O–H groups in total. The van der Waals surface area contributed by atoms with Gasteiger partial charge in [-0.1, -0.05) is 0 Å². The molecule has 0 spiro atoms. The van der Waals surface area contributed by atoms with Crippen LogP contribution in [0.25, 0.3) is 11.0 Å². The summed E-state index contributed by atoms with van der Waals surface area (Å²) in [6, 6.07) is 6.63. The van der Waals surface area contributed by atoms with Crippen LogP contribution >= 0.6 is 11.8 Å². The lowest BCUT2D eigenvalue weighted by Crippen LogP contribution is -2.43. The van der Waals surface area contributed by atoms with Gasteiger partial charge < -0.3 is 14.6 Å². The molecule has 0 radical (unpaired) electrons. The van der Waals surface area contributed by atoms with E-state index in [1.165, 1.54) is 17.7 Å². The Morgan fingerprint density at radius 3 is 2.88 bits per heavy atom. The van der Waals surface area contributed by atoms with E-state index in [1.54, 1.807) is 6.33 Å². The van der Waals surface area contributed by atoms with Crippen LogP contribution in [0.2, 0.25) is 0 Å². The highest BCUT2D eigenvalue weighted by molar-refractivity contribution is 7.99. The number of thioether (sulfide) groups is 1. The first kappa shape index (κ1) is 17.1. The van der Waals surface area contributed by atoms with Crippen LogP contribution in [0, 0.1) is 5.92 Å². The fourth-order valence-electron chi connectivity index (χ4n) is 3.36. The lowest BCUT2D eigenvalue weighted by molar-refractivity contribution is 0.286. The number of anilines is 1. The highest BCUT2D eigenvalue weighted by Gasteiger charge is 2.33. The van der Waals surface area contributed by atoms with Crippen molar-refractivity contribution in [2.24, 2.45) is 5.92 Å². The molecule has 4 rings (SSSR count). The monoisotopic (exact) mass is 369 g/mol. The molecule has 1 saturated carbocycles. The smallest absolute Gasteiger partial charge is 0.213 e. The minimum absolute atomic E-state index is 0.548. The fraction of sp³-hybridized carbons (Fsp3) is 0.421. The largest absolute Gasteiger partial charge is 0.478 e. The van der Waals surface area contributed by atoms with Gasteiger partial charge in [-0.15, -0.1) is 11.8 Å². The van der Waals surface area contributed by atoms with Crippen molar-refractivity contribution in [3.05, 3.63) is 36.9 Å². The van der Waals surface area contributed by atoms with Crippen LogP contribution in [0.15, 0.2) is 41.8 Å². The lowest BCUT2D eigenvalue weighted by Gasteiger charge is -2.41. The second-order valence-electron chi connectivity index (χ2n) is 6.62. The molecule has 3 heterocycles. The standard InChI is InChI=1S/C19H23N5OS/c1-3-25-17-5-4-15(10-21-17)26-11-13-8-14(9-13)24(2)19-16-6-7-20-18(16)22-12-23-19/h4-7,10,12-14H,3,8-9,11H2,1-2H3,(H,20,22,23)/t13-,14+. The summed E-state index contributed by atoms with van der Waals surface area (Å²) in [6.45, 7) is 2.62. The van der Waals surface area contributed by atoms with Gasteiger partial charge in [0.25, 0.3) is 0 Å². The Morgan fingerprint density at radius 1 is 1.23 bits per heavy atom. The number of fused-ring (bicyclic) bond motifs is 1. The Bertz CT molecular complexity index is 860. The van der Waals surface area contributed by atoms with Crippen molar-refractivity contribution in [1.82, 2.24) is 19.9 Å². The molecule has 0 saturated heterocycles. The molecule has 1 aliphatic rings. The summed E-state index contributed by atoms with van der Waals surface area (Å²) < 4.78 is 5.39. The van der Waals surface area contributed by atoms with Gasteiger partial charge in [-0.3, -0.25) is 0 Å². The number of pyridine rings is 1. The van der Waals surface area contributed by atoms with Crippen LogP contribution in [-0.4, -0.2) is 45.4 Å². The van der Waals surface area contributed by atoms with Crippen LogP contribution < -0.4 is 9.64 Å². The molecule has 1 aliphatic carbocycles. The number of hydrogen-bond acceptors (Lipinski definition) is 6. The summed E-state index contributed by atoms with van der Waals surface area (Å²) in [5, 5.41) is 1.09. The summed E-state index contributed by atoms with van der Waals surface area (Å²) in [5.41, 5.74) is 0.899. The maximum Gasteiger partial charge on any atom is 0.213 e. The second kappa shape index (κ2) is 7.53. The molecule has 3 aromatic rings. The van der Waals surface area contributed by atoms with Gasteiger partial charge in [0.05, 0.1) is 12.0 Å². The number of aromatic nitrogens is 4. The van der Waals surface area contributed by atoms with Crippen molar-refractivity contribution < 1.29 is 4.74 Å². The minimum atomic E-state index is 0.548. The van der Waals surface area contributed by atoms with Gasteiger partial charge in [0.15, 0.2) is 0 Å². The summed E-state index contributed by atoms with van der Waals surface area (Å²) in [7, 11) is 2.14. The molecule has 0 amide bonds. The average Bonchev–Trinajstić information content (AvgIpc) is 3.10. The second-order valence-corrected chi connectivity index (χ2v) is 7.71. The van der Waals surface area contributed by atoms with Crippen LogP contribution in [0.3, 0.4) is 0 Å². The number of nitrogens with zero attached hydrogens (tertiary/aromatic N) is 4. The molecule has 26 heavy (non-hydrogen) atoms. The molecule has 0 atom stereocenters. The Balaban J connectivity index is 1.29. The highest BCUT2D eigenvalue weighted by Crippen LogP contribution is 2.38. The highest BCUT2D eigenvalue weighted by atomic mass is 32.2. The zero-order valence-corrected chi connectivity index (χ0v) is 15.9. The first-order valence-corrected chi connectivity index (χ1v) is 9.95. The third-order valence-corrected chi connectivity index (χ3v) is 6.13. The lowest BCUT2D eigenvalue weighted by atomic mass is 9.81. The first-order valence-electron chi connectivity index (χ1n) is 8.97. The van der Waals surface area contributed by atoms with E-state index in [0.29, 0.717) is 18.5 Å². The Labute approximate surface area is 157 Å². The number of rotatable bonds is 7. The third kappa shape index (κ3) is 3.49. The van der Waals surface area contributed by atoms with Gasteiger partial charge in [-0.25, -0.2) is 15.0 Å². The quantitative estimate of drug-likeness (QED) is 0.640. The van der Waals surface area contributed by atoms with Crippen LogP contribution in [0.1, 0.15) is 19.8 Å². The molecule has 7 heteroatoms. The summed E-state index contributed by atoms with van der Waals surface area (Å²) in [6.07, 6.45) is 7.85. The van der Waals surface area contributed by atoms with Crippen molar-refractivity contribution in [1.29, 1.82) is 0 Å². The molecular weight excluding hydrogens is 346 g/mol. The molecular formula is C19H23N5OS. The van der Waals surface area contributed by atoms with Gasteiger partial charge in [0.2, 0.25) is 5.88 Å².